The van der Waals surface area contributed by atoms with Crippen LogP contribution in [0.3, 0.4) is 0 Å². The van der Waals surface area contributed by atoms with Crippen LogP contribution in [0.1, 0.15) is 20.3 Å². The predicted molar refractivity (Wildman–Crippen MR) is 70.5 cm³/mol. The third-order valence-corrected chi connectivity index (χ3v) is 3.16. The molecule has 2 N–H and O–H groups in total. The summed E-state index contributed by atoms with van der Waals surface area (Å²) < 4.78 is 26.5. The molecule has 18 heavy (non-hydrogen) atoms. The van der Waals surface area contributed by atoms with Crippen LogP contribution < -0.4 is 5.32 Å². The van der Waals surface area contributed by atoms with Crippen molar-refractivity contribution in [3.05, 3.63) is 35.9 Å². The van der Waals surface area contributed by atoms with Crippen LogP contribution in [0.25, 0.3) is 0 Å². The van der Waals surface area contributed by atoms with Gasteiger partial charge < -0.3 is 10.4 Å². The Labute approximate surface area is 106 Å². The SMILES string of the molecule is C=CC1=C(C=C)S(=O)(=O)N=C(CC(=O)O)N1.CC. The molecule has 1 aliphatic heterocycles. The first-order valence-electron chi connectivity index (χ1n) is 5.22. The van der Waals surface area contributed by atoms with Crippen LogP contribution >= 0.6 is 0 Å². The van der Waals surface area contributed by atoms with Gasteiger partial charge in [-0.15, -0.1) is 4.40 Å². The van der Waals surface area contributed by atoms with Crippen LogP contribution in [0.15, 0.2) is 40.3 Å². The average Bonchev–Trinajstić information content (AvgIpc) is 2.28. The van der Waals surface area contributed by atoms with Gasteiger partial charge in [0, 0.05) is 0 Å². The van der Waals surface area contributed by atoms with E-state index in [0.29, 0.717) is 0 Å². The molecular weight excluding hydrogens is 256 g/mol. The summed E-state index contributed by atoms with van der Waals surface area (Å²) in [7, 11) is -3.88. The summed E-state index contributed by atoms with van der Waals surface area (Å²) in [6.45, 7) is 10.8. The van der Waals surface area contributed by atoms with E-state index in [4.69, 9.17) is 5.11 Å². The lowest BCUT2D eigenvalue weighted by atomic mass is 10.3. The fourth-order valence-corrected chi connectivity index (χ4v) is 2.28. The van der Waals surface area contributed by atoms with Crippen LogP contribution in [0.4, 0.5) is 0 Å². The minimum absolute atomic E-state index is 0.114. The Kier molecular flexibility index (Phi) is 6.04. The number of hydrogen-bond donors (Lipinski definition) is 2. The molecule has 0 fully saturated rings. The van der Waals surface area contributed by atoms with E-state index in [1.54, 1.807) is 0 Å². The van der Waals surface area contributed by atoms with Crippen molar-refractivity contribution in [2.24, 2.45) is 4.40 Å². The zero-order valence-electron chi connectivity index (χ0n) is 10.3. The van der Waals surface area contributed by atoms with Crippen molar-refractivity contribution >= 4 is 21.8 Å². The van der Waals surface area contributed by atoms with Crippen molar-refractivity contribution in [2.45, 2.75) is 20.3 Å². The number of nitrogens with one attached hydrogen (secondary N) is 1. The van der Waals surface area contributed by atoms with Gasteiger partial charge >= 0.3 is 5.97 Å². The molecule has 0 aromatic rings. The van der Waals surface area contributed by atoms with E-state index in [2.05, 4.69) is 22.9 Å². The molecule has 0 aromatic carbocycles. The van der Waals surface area contributed by atoms with Gasteiger partial charge in [0.25, 0.3) is 10.0 Å². The Morgan fingerprint density at radius 2 is 1.94 bits per heavy atom. The number of sulfonamides is 1. The Hall–Kier alpha value is -1.89. The zero-order chi connectivity index (χ0) is 14.3. The molecule has 1 heterocycles. The highest BCUT2D eigenvalue weighted by Crippen LogP contribution is 2.19. The second-order valence-corrected chi connectivity index (χ2v) is 4.47. The topological polar surface area (TPSA) is 95.8 Å². The maximum absolute atomic E-state index is 11.6. The van der Waals surface area contributed by atoms with Gasteiger partial charge in [0.15, 0.2) is 0 Å². The normalized spacial score (nSPS) is 16.7. The first-order valence-corrected chi connectivity index (χ1v) is 6.66. The number of amidine groups is 1. The molecule has 1 rings (SSSR count). The van der Waals surface area contributed by atoms with Gasteiger partial charge in [-0.25, -0.2) is 0 Å². The number of carbonyl (C=O) groups is 1. The van der Waals surface area contributed by atoms with Gasteiger partial charge in [0.1, 0.15) is 17.2 Å². The third kappa shape index (κ3) is 3.85. The second-order valence-electron chi connectivity index (χ2n) is 2.89. The molecule has 1 aliphatic rings. The molecule has 0 aromatic heterocycles. The summed E-state index contributed by atoms with van der Waals surface area (Å²) in [6, 6.07) is 0. The maximum Gasteiger partial charge on any atom is 0.311 e. The minimum Gasteiger partial charge on any atom is -0.481 e. The van der Waals surface area contributed by atoms with Gasteiger partial charge in [-0.2, -0.15) is 8.42 Å². The Morgan fingerprint density at radius 3 is 2.33 bits per heavy atom. The minimum atomic E-state index is -3.88. The monoisotopic (exact) mass is 272 g/mol. The number of nitrogens with zero attached hydrogens (tertiary/aromatic N) is 1. The molecule has 0 saturated heterocycles. The molecule has 0 radical (unpaired) electrons. The average molecular weight is 272 g/mol. The quantitative estimate of drug-likeness (QED) is 0.806. The van der Waals surface area contributed by atoms with Crippen LogP contribution in [0.5, 0.6) is 0 Å². The van der Waals surface area contributed by atoms with Crippen molar-refractivity contribution in [1.29, 1.82) is 0 Å². The van der Waals surface area contributed by atoms with Crippen LogP contribution in [-0.2, 0) is 14.8 Å². The number of rotatable bonds is 4. The molecule has 7 heteroatoms. The van der Waals surface area contributed by atoms with Gasteiger partial charge in [-0.05, 0) is 12.2 Å². The van der Waals surface area contributed by atoms with Crippen LogP contribution in [0.2, 0.25) is 0 Å². The maximum atomic E-state index is 11.6. The molecule has 0 amide bonds. The van der Waals surface area contributed by atoms with E-state index in [-0.39, 0.29) is 16.4 Å². The van der Waals surface area contributed by atoms with Crippen molar-refractivity contribution < 1.29 is 18.3 Å². The summed E-state index contributed by atoms with van der Waals surface area (Å²) in [5, 5.41) is 11.1. The lowest BCUT2D eigenvalue weighted by molar-refractivity contribution is -0.135. The van der Waals surface area contributed by atoms with E-state index in [9.17, 15) is 13.2 Å². The number of aliphatic carboxylic acids is 1. The van der Waals surface area contributed by atoms with E-state index in [1.165, 1.54) is 6.08 Å². The van der Waals surface area contributed by atoms with Crippen molar-refractivity contribution in [2.75, 3.05) is 0 Å². The number of carboxylic acids is 1. The van der Waals surface area contributed by atoms with Gasteiger partial charge in [0.2, 0.25) is 0 Å². The summed E-state index contributed by atoms with van der Waals surface area (Å²) in [4.78, 5) is 10.3. The van der Waals surface area contributed by atoms with E-state index in [1.807, 2.05) is 13.8 Å². The first-order chi connectivity index (χ1) is 8.40. The van der Waals surface area contributed by atoms with Gasteiger partial charge in [0.05, 0.1) is 5.70 Å². The lowest BCUT2D eigenvalue weighted by Crippen LogP contribution is -2.31. The molecular formula is C11H16N2O4S. The zero-order valence-corrected chi connectivity index (χ0v) is 11.1. The summed E-state index contributed by atoms with van der Waals surface area (Å²) in [5.74, 6) is -1.32. The smallest absolute Gasteiger partial charge is 0.311 e. The van der Waals surface area contributed by atoms with E-state index < -0.39 is 22.4 Å². The highest BCUT2D eigenvalue weighted by Gasteiger charge is 2.25. The van der Waals surface area contributed by atoms with Crippen molar-refractivity contribution in [3.8, 4) is 0 Å². The highest BCUT2D eigenvalue weighted by atomic mass is 32.2. The van der Waals surface area contributed by atoms with Crippen LogP contribution in [-0.4, -0.2) is 25.3 Å². The third-order valence-electron chi connectivity index (χ3n) is 1.76. The molecule has 0 spiro atoms. The molecule has 6 nitrogen and oxygen atoms in total. The van der Waals surface area contributed by atoms with Crippen molar-refractivity contribution in [3.63, 3.8) is 0 Å². The summed E-state index contributed by atoms with van der Waals surface area (Å²) in [6.07, 6.45) is 1.90. The molecule has 100 valence electrons. The molecule has 0 unspecified atom stereocenters. The highest BCUT2D eigenvalue weighted by molar-refractivity contribution is 7.94. The number of carboxylic acid groups (broad SMARTS) is 1. The van der Waals surface area contributed by atoms with Crippen LogP contribution in [0, 0.1) is 0 Å². The van der Waals surface area contributed by atoms with Gasteiger partial charge in [-0.1, -0.05) is 27.0 Å². The number of allylic oxidation sites excluding steroid dienone is 2. The lowest BCUT2D eigenvalue weighted by Gasteiger charge is -2.16. The van der Waals surface area contributed by atoms with Crippen molar-refractivity contribution in [1.82, 2.24) is 5.32 Å². The Bertz CT molecular complexity index is 515. The largest absolute Gasteiger partial charge is 0.481 e. The molecule has 0 saturated carbocycles. The standard InChI is InChI=1S/C9H10N2O4S.C2H6/c1-3-6-7(4-2)16(14,15)11-8(10-6)5-9(12)13;1-2/h3-4H,1-2,5H2,(H,10,11)(H,12,13);1-2H3. The fourth-order valence-electron chi connectivity index (χ4n) is 1.16. The molecule has 0 atom stereocenters. The fraction of sp³-hybridized carbons (Fsp3) is 0.273. The Morgan fingerprint density at radius 1 is 1.39 bits per heavy atom. The first kappa shape index (κ1) is 16.1. The summed E-state index contributed by atoms with van der Waals surface area (Å²) in [5.41, 5.74) is 0.182. The predicted octanol–water partition coefficient (Wildman–Crippen LogP) is 1.40. The van der Waals surface area contributed by atoms with Gasteiger partial charge in [-0.3, -0.25) is 4.79 Å². The molecule has 0 bridgehead atoms. The second kappa shape index (κ2) is 6.75. The number of hydrogen-bond acceptors (Lipinski definition) is 4. The molecule has 0 aliphatic carbocycles. The summed E-state index contributed by atoms with van der Waals surface area (Å²) >= 11 is 0. The van der Waals surface area contributed by atoms with E-state index >= 15 is 0 Å². The Balaban J connectivity index is 0.00000137. The van der Waals surface area contributed by atoms with E-state index in [0.717, 1.165) is 6.08 Å².